The second kappa shape index (κ2) is 7.43. The van der Waals surface area contributed by atoms with Crippen molar-refractivity contribution in [2.45, 2.75) is 0 Å². The molecule has 2 heterocycles. The number of likely N-dealkylation sites (N-methyl/N-ethyl adjacent to an activating group) is 1. The van der Waals surface area contributed by atoms with E-state index in [1.165, 1.54) is 0 Å². The molecule has 0 unspecified atom stereocenters. The molecule has 1 aromatic heterocycles. The summed E-state index contributed by atoms with van der Waals surface area (Å²) in [5.74, 6) is 0.0178. The number of amides is 1. The first kappa shape index (κ1) is 18.6. The molecule has 0 bridgehead atoms. The van der Waals surface area contributed by atoms with Gasteiger partial charge in [0.1, 0.15) is 0 Å². The van der Waals surface area contributed by atoms with Crippen LogP contribution in [-0.2, 0) is 0 Å². The molecule has 0 atom stereocenters. The Hall–Kier alpha value is -3.44. The highest BCUT2D eigenvalue weighted by molar-refractivity contribution is 6.07. The highest BCUT2D eigenvalue weighted by Gasteiger charge is 2.20. The second-order valence-corrected chi connectivity index (χ2v) is 7.89. The topological polar surface area (TPSA) is 45.5 Å². The van der Waals surface area contributed by atoms with E-state index in [-0.39, 0.29) is 11.5 Å². The van der Waals surface area contributed by atoms with Gasteiger partial charge < -0.3 is 9.80 Å². The van der Waals surface area contributed by atoms with E-state index < -0.39 is 0 Å². The molecule has 4 aromatic rings. The molecule has 30 heavy (non-hydrogen) atoms. The highest BCUT2D eigenvalue weighted by atomic mass is 16.2. The molecule has 0 aliphatic carbocycles. The van der Waals surface area contributed by atoms with Crippen LogP contribution in [-0.4, -0.2) is 53.5 Å². The van der Waals surface area contributed by atoms with E-state index >= 15 is 0 Å². The Morgan fingerprint density at radius 1 is 0.833 bits per heavy atom. The van der Waals surface area contributed by atoms with Crippen LogP contribution in [0.25, 0.3) is 27.2 Å². The third kappa shape index (κ3) is 3.17. The van der Waals surface area contributed by atoms with E-state index in [4.69, 9.17) is 0 Å². The summed E-state index contributed by atoms with van der Waals surface area (Å²) in [6, 6.07) is 21.3. The van der Waals surface area contributed by atoms with E-state index in [1.54, 1.807) is 10.8 Å². The summed E-state index contributed by atoms with van der Waals surface area (Å²) in [6.07, 6.45) is 1.79. The summed E-state index contributed by atoms with van der Waals surface area (Å²) in [5.41, 5.74) is 1.24. The Morgan fingerprint density at radius 2 is 1.60 bits per heavy atom. The van der Waals surface area contributed by atoms with Gasteiger partial charge in [-0.25, -0.2) is 0 Å². The van der Waals surface area contributed by atoms with Gasteiger partial charge in [-0.05, 0) is 47.5 Å². The van der Waals surface area contributed by atoms with Crippen LogP contribution in [0.1, 0.15) is 10.4 Å². The van der Waals surface area contributed by atoms with Crippen molar-refractivity contribution < 1.29 is 4.79 Å². The number of hydrogen-bond donors (Lipinski definition) is 0. The molecule has 3 aromatic carbocycles. The summed E-state index contributed by atoms with van der Waals surface area (Å²) in [6.45, 7) is 3.20. The molecular weight excluding hydrogens is 374 g/mol. The number of nitrogens with zero attached hydrogens (tertiary/aromatic N) is 3. The molecule has 150 valence electrons. The van der Waals surface area contributed by atoms with Crippen LogP contribution in [0.3, 0.4) is 0 Å². The number of carbonyl (C=O) groups excluding carboxylic acids is 1. The number of pyridine rings is 1. The van der Waals surface area contributed by atoms with Gasteiger partial charge in [-0.3, -0.25) is 14.2 Å². The quantitative estimate of drug-likeness (QED) is 0.486. The zero-order valence-corrected chi connectivity index (χ0v) is 16.9. The number of hydrogen-bond acceptors (Lipinski definition) is 3. The van der Waals surface area contributed by atoms with Crippen molar-refractivity contribution in [2.75, 3.05) is 33.2 Å². The van der Waals surface area contributed by atoms with Crippen molar-refractivity contribution in [1.29, 1.82) is 0 Å². The van der Waals surface area contributed by atoms with Gasteiger partial charge in [0.15, 0.2) is 0 Å². The minimum absolute atomic E-state index is 0.0178. The lowest BCUT2D eigenvalue weighted by Crippen LogP contribution is -2.47. The van der Waals surface area contributed by atoms with Gasteiger partial charge in [-0.15, -0.1) is 0 Å². The van der Waals surface area contributed by atoms with Gasteiger partial charge in [-0.2, -0.15) is 0 Å². The molecule has 0 N–H and O–H groups in total. The van der Waals surface area contributed by atoms with Crippen LogP contribution in [0.15, 0.2) is 77.7 Å². The number of benzene rings is 3. The molecule has 1 aliphatic rings. The van der Waals surface area contributed by atoms with Crippen LogP contribution in [0.5, 0.6) is 0 Å². The lowest BCUT2D eigenvalue weighted by atomic mass is 10.0. The largest absolute Gasteiger partial charge is 0.336 e. The van der Waals surface area contributed by atoms with Gasteiger partial charge in [0, 0.05) is 43.6 Å². The number of rotatable bonds is 2. The number of carbonyl (C=O) groups is 1. The lowest BCUT2D eigenvalue weighted by Gasteiger charge is -2.32. The van der Waals surface area contributed by atoms with Crippen LogP contribution in [0.2, 0.25) is 0 Å². The fraction of sp³-hybridized carbons (Fsp3) is 0.200. The van der Waals surface area contributed by atoms with Crippen molar-refractivity contribution in [3.05, 3.63) is 88.8 Å². The smallest absolute Gasteiger partial charge is 0.263 e. The lowest BCUT2D eigenvalue weighted by molar-refractivity contribution is 0.0664. The third-order valence-electron chi connectivity index (χ3n) is 5.96. The maximum absolute atomic E-state index is 13.4. The zero-order valence-electron chi connectivity index (χ0n) is 16.9. The van der Waals surface area contributed by atoms with E-state index in [1.807, 2.05) is 71.6 Å². The number of piperazine rings is 1. The molecule has 1 aliphatic heterocycles. The van der Waals surface area contributed by atoms with E-state index in [0.717, 1.165) is 42.3 Å². The third-order valence-corrected chi connectivity index (χ3v) is 5.96. The monoisotopic (exact) mass is 397 g/mol. The Bertz CT molecular complexity index is 1320. The Labute approximate surface area is 174 Å². The second-order valence-electron chi connectivity index (χ2n) is 7.89. The van der Waals surface area contributed by atoms with Crippen LogP contribution < -0.4 is 5.56 Å². The normalized spacial score (nSPS) is 15.0. The summed E-state index contributed by atoms with van der Waals surface area (Å²) in [4.78, 5) is 30.5. The molecule has 0 spiro atoms. The average molecular weight is 397 g/mol. The first-order valence-corrected chi connectivity index (χ1v) is 10.2. The fourth-order valence-corrected chi connectivity index (χ4v) is 4.19. The Kier molecular flexibility index (Phi) is 4.60. The molecule has 0 radical (unpaired) electrons. The first-order valence-electron chi connectivity index (χ1n) is 10.2. The van der Waals surface area contributed by atoms with Crippen molar-refractivity contribution in [2.24, 2.45) is 0 Å². The predicted molar refractivity (Wildman–Crippen MR) is 120 cm³/mol. The Balaban J connectivity index is 1.58. The molecule has 1 amide bonds. The zero-order chi connectivity index (χ0) is 20.7. The molecule has 0 saturated carbocycles. The number of aromatic nitrogens is 1. The van der Waals surface area contributed by atoms with Gasteiger partial charge >= 0.3 is 0 Å². The molecule has 5 heteroatoms. The van der Waals surface area contributed by atoms with Gasteiger partial charge in [0.05, 0.1) is 5.39 Å². The van der Waals surface area contributed by atoms with Crippen molar-refractivity contribution in [3.8, 4) is 5.69 Å². The molecule has 5 nitrogen and oxygen atoms in total. The summed E-state index contributed by atoms with van der Waals surface area (Å²) < 4.78 is 1.63. The van der Waals surface area contributed by atoms with Gasteiger partial charge in [-0.1, -0.05) is 42.5 Å². The highest BCUT2D eigenvalue weighted by Crippen LogP contribution is 2.23. The van der Waals surface area contributed by atoms with Crippen LogP contribution >= 0.6 is 0 Å². The SMILES string of the molecule is CN1CCN(C(=O)c2cccc(-n3ccc4ccc5ccccc5c4c3=O)c2)CC1. The van der Waals surface area contributed by atoms with E-state index in [0.29, 0.717) is 16.6 Å². The fourth-order valence-electron chi connectivity index (χ4n) is 4.19. The molecule has 5 rings (SSSR count). The minimum Gasteiger partial charge on any atom is -0.336 e. The van der Waals surface area contributed by atoms with Crippen LogP contribution in [0.4, 0.5) is 0 Å². The van der Waals surface area contributed by atoms with Crippen molar-refractivity contribution in [1.82, 2.24) is 14.4 Å². The number of fused-ring (bicyclic) bond motifs is 3. The van der Waals surface area contributed by atoms with Crippen LogP contribution in [0, 0.1) is 0 Å². The summed E-state index contributed by atoms with van der Waals surface area (Å²) in [7, 11) is 2.07. The predicted octanol–water partition coefficient (Wildman–Crippen LogP) is 3.53. The summed E-state index contributed by atoms with van der Waals surface area (Å²) in [5, 5.41) is 3.60. The average Bonchev–Trinajstić information content (AvgIpc) is 2.79. The molecular formula is C25H23N3O2. The summed E-state index contributed by atoms with van der Waals surface area (Å²) >= 11 is 0. The molecule has 1 saturated heterocycles. The Morgan fingerprint density at radius 3 is 2.43 bits per heavy atom. The van der Waals surface area contributed by atoms with Crippen molar-refractivity contribution >= 4 is 27.5 Å². The minimum atomic E-state index is -0.0755. The first-order chi connectivity index (χ1) is 14.6. The van der Waals surface area contributed by atoms with Gasteiger partial charge in [0.2, 0.25) is 0 Å². The van der Waals surface area contributed by atoms with Crippen molar-refractivity contribution in [3.63, 3.8) is 0 Å². The standard InChI is InChI=1S/C25H23N3O2/c1-26-13-15-27(16-14-26)24(29)20-6-4-7-21(17-20)28-12-11-19-10-9-18-5-2-3-8-22(18)23(19)25(28)30/h2-12,17H,13-16H2,1H3. The molecule has 1 fully saturated rings. The van der Waals surface area contributed by atoms with Gasteiger partial charge in [0.25, 0.3) is 11.5 Å². The van der Waals surface area contributed by atoms with E-state index in [9.17, 15) is 9.59 Å². The maximum Gasteiger partial charge on any atom is 0.263 e. The van der Waals surface area contributed by atoms with E-state index in [2.05, 4.69) is 11.9 Å². The maximum atomic E-state index is 13.4.